The van der Waals surface area contributed by atoms with Crippen molar-refractivity contribution in [1.82, 2.24) is 29.9 Å². The van der Waals surface area contributed by atoms with Crippen molar-refractivity contribution in [3.8, 4) is 123 Å². The van der Waals surface area contributed by atoms with Gasteiger partial charge in [-0.15, -0.1) is 34.0 Å². The summed E-state index contributed by atoms with van der Waals surface area (Å²) in [6, 6.07) is 143. The second-order valence-corrected chi connectivity index (χ2v) is 32.4. The summed E-state index contributed by atoms with van der Waals surface area (Å²) in [5, 5.41) is 9.00. The Balaban J connectivity index is 0.000000110. The first kappa shape index (κ1) is 70.3. The van der Waals surface area contributed by atoms with Gasteiger partial charge in [0.25, 0.3) is 0 Å². The minimum absolute atomic E-state index is 0.887. The van der Waals surface area contributed by atoms with Crippen LogP contribution in [0.4, 0.5) is 0 Å². The number of rotatable bonds is 11. The van der Waals surface area contributed by atoms with Gasteiger partial charge in [0.15, 0.2) is 0 Å². The van der Waals surface area contributed by atoms with Gasteiger partial charge in [-0.25, -0.2) is 24.9 Å². The Labute approximate surface area is 688 Å². The molecule has 0 fully saturated rings. The number of thiophene rings is 3. The third-order valence-electron chi connectivity index (χ3n) is 21.9. The smallest absolute Gasteiger partial charge is 0.0973 e. The van der Waals surface area contributed by atoms with Crippen LogP contribution in [0, 0.1) is 0 Å². The highest BCUT2D eigenvalue weighted by atomic mass is 32.1. The number of nitrogens with zero attached hydrogens (tertiary/aromatic N) is 6. The quantitative estimate of drug-likeness (QED) is 0.128. The van der Waals surface area contributed by atoms with Crippen LogP contribution in [-0.4, -0.2) is 29.9 Å². The van der Waals surface area contributed by atoms with Crippen molar-refractivity contribution in [3.63, 3.8) is 0 Å². The van der Waals surface area contributed by atoms with E-state index < -0.39 is 0 Å². The fraction of sp³-hybridized carbons (Fsp3) is 0. The SMILES string of the molecule is c1ccc(-c2nc(-c3cccc(-c4ccc5c(c4)sc4ccccc45)c3)cc3ncccc23)cc1.c1ccc(-c2nc3ccc(-c4cccc(-c5ccc6c(c5)sc5ccccc56)c4)cc3nc2-c2ccccc2)cc1.c1ccc(-c2nc3cccc(-c4cccc(-c5ccc6c(c5)sc5ccccc56)c4)c3nc2-c2ccccc2)cc1. The molecule has 0 unspecified atom stereocenters. The van der Waals surface area contributed by atoms with Crippen LogP contribution >= 0.6 is 34.0 Å². The van der Waals surface area contributed by atoms with E-state index in [1.165, 1.54) is 93.9 Å². The number of hydrogen-bond acceptors (Lipinski definition) is 9. The van der Waals surface area contributed by atoms with Gasteiger partial charge in [0.2, 0.25) is 0 Å². The van der Waals surface area contributed by atoms with Crippen molar-refractivity contribution in [2.45, 2.75) is 0 Å². The van der Waals surface area contributed by atoms with Crippen molar-refractivity contribution in [3.05, 3.63) is 413 Å². The van der Waals surface area contributed by atoms with Gasteiger partial charge in [-0.05, 0) is 141 Å². The Morgan fingerprint density at radius 1 is 0.162 bits per heavy atom. The molecule has 0 spiro atoms. The molecule has 0 radical (unpaired) electrons. The van der Waals surface area contributed by atoms with E-state index >= 15 is 0 Å². The molecule has 9 heteroatoms. The van der Waals surface area contributed by atoms with Gasteiger partial charge in [-0.2, -0.15) is 0 Å². The average molecular weight is 1550 g/mol. The minimum atomic E-state index is 0.887. The molecule has 0 aliphatic rings. The van der Waals surface area contributed by atoms with Gasteiger partial charge in [0.1, 0.15) is 0 Å². The van der Waals surface area contributed by atoms with E-state index in [1.54, 1.807) is 0 Å². The van der Waals surface area contributed by atoms with E-state index in [1.807, 2.05) is 113 Å². The molecule has 0 saturated heterocycles. The first-order valence-corrected chi connectivity index (χ1v) is 41.6. The van der Waals surface area contributed by atoms with Crippen molar-refractivity contribution >= 4 is 127 Å². The number of aromatic nitrogens is 6. The summed E-state index contributed by atoms with van der Waals surface area (Å²) >= 11 is 5.56. The monoisotopic (exact) mass is 1540 g/mol. The summed E-state index contributed by atoms with van der Waals surface area (Å²) in [7, 11) is 0. The first-order valence-electron chi connectivity index (χ1n) is 39.2. The summed E-state index contributed by atoms with van der Waals surface area (Å²) in [6.45, 7) is 0. The van der Waals surface area contributed by atoms with Gasteiger partial charge in [0, 0.05) is 111 Å². The molecule has 0 N–H and O–H groups in total. The van der Waals surface area contributed by atoms with Gasteiger partial charge >= 0.3 is 0 Å². The molecule has 0 amide bonds. The topological polar surface area (TPSA) is 77.3 Å². The summed E-state index contributed by atoms with van der Waals surface area (Å²) in [5.74, 6) is 0. The van der Waals surface area contributed by atoms with Crippen molar-refractivity contribution in [2.24, 2.45) is 0 Å². The number of fused-ring (bicyclic) bond motifs is 12. The number of benzene rings is 16. The second-order valence-electron chi connectivity index (χ2n) is 29.1. The largest absolute Gasteiger partial charge is 0.256 e. The highest BCUT2D eigenvalue weighted by molar-refractivity contribution is 7.26. The molecule has 548 valence electrons. The lowest BCUT2D eigenvalue weighted by atomic mass is 9.97. The Hall–Kier alpha value is -14.6. The maximum atomic E-state index is 5.30. The molecule has 23 rings (SSSR count). The molecule has 16 aromatic carbocycles. The van der Waals surface area contributed by atoms with E-state index in [4.69, 9.17) is 24.9 Å². The summed E-state index contributed by atoms with van der Waals surface area (Å²) in [6.07, 6.45) is 1.84. The van der Waals surface area contributed by atoms with Crippen LogP contribution < -0.4 is 0 Å². The third kappa shape index (κ3) is 13.8. The number of pyridine rings is 2. The molecule has 7 aromatic heterocycles. The Morgan fingerprint density at radius 2 is 0.496 bits per heavy atom. The molecule has 117 heavy (non-hydrogen) atoms. The van der Waals surface area contributed by atoms with Crippen LogP contribution in [0.2, 0.25) is 0 Å². The summed E-state index contributed by atoms with van der Waals surface area (Å²) in [5.41, 5.74) is 28.2. The highest BCUT2D eigenvalue weighted by Crippen LogP contribution is 2.44. The van der Waals surface area contributed by atoms with E-state index in [9.17, 15) is 0 Å². The van der Waals surface area contributed by atoms with Crippen molar-refractivity contribution in [1.29, 1.82) is 0 Å². The Kier molecular flexibility index (Phi) is 18.5. The van der Waals surface area contributed by atoms with Crippen LogP contribution in [0.25, 0.3) is 217 Å². The second kappa shape index (κ2) is 30.7. The highest BCUT2D eigenvalue weighted by Gasteiger charge is 2.20. The van der Waals surface area contributed by atoms with Crippen LogP contribution in [0.5, 0.6) is 0 Å². The van der Waals surface area contributed by atoms with E-state index in [2.05, 4.69) is 339 Å². The molecule has 7 heterocycles. The zero-order chi connectivity index (χ0) is 77.5. The fourth-order valence-corrected chi connectivity index (χ4v) is 19.5. The minimum Gasteiger partial charge on any atom is -0.256 e. The standard InChI is InChI=1S/2C38H24N2S.C32H20N2S/c1-3-11-25(12-4-1)36-37(26-13-5-2-6-14-26)40-38-30(18-10-19-33(38)39-36)29-16-9-15-27(23-29)28-21-22-32-31-17-7-8-20-34(31)41-35(32)24-28;1-3-10-25(11-4-1)37-38(26-12-5-2-6-13-26)40-34-23-29(19-21-33(34)39-37)27-14-9-15-28(22-27)30-18-20-32-31-16-7-8-17-35(31)41-36(32)24-30;1-2-8-21(9-3-1)32-27-13-7-17-33-29(27)20-28(34-32)24-11-6-10-22(18-24)23-15-16-26-25-12-4-5-14-30(25)35-31(26)19-23/h2*1-24H;1-20H. The van der Waals surface area contributed by atoms with Crippen LogP contribution in [0.1, 0.15) is 0 Å². The molecule has 0 bridgehead atoms. The average Bonchev–Trinajstić information content (AvgIpc) is 1.55. The third-order valence-corrected chi connectivity index (χ3v) is 25.3. The molecule has 0 saturated carbocycles. The van der Waals surface area contributed by atoms with E-state index in [0.29, 0.717) is 0 Å². The Bertz CT molecular complexity index is 7650. The normalized spacial score (nSPS) is 11.4. The van der Waals surface area contributed by atoms with Crippen molar-refractivity contribution in [2.75, 3.05) is 0 Å². The number of hydrogen-bond donors (Lipinski definition) is 0. The van der Waals surface area contributed by atoms with Gasteiger partial charge in [-0.1, -0.05) is 315 Å². The predicted octanol–water partition coefficient (Wildman–Crippen LogP) is 30.3. The zero-order valence-corrected chi connectivity index (χ0v) is 65.6. The van der Waals surface area contributed by atoms with E-state index in [0.717, 1.165) is 123 Å². The molecule has 23 aromatic rings. The molecule has 0 aliphatic carbocycles. The molecular weight excluding hydrogens is 1480 g/mol. The van der Waals surface area contributed by atoms with Gasteiger partial charge < -0.3 is 0 Å². The van der Waals surface area contributed by atoms with Crippen LogP contribution in [-0.2, 0) is 0 Å². The van der Waals surface area contributed by atoms with Crippen molar-refractivity contribution < 1.29 is 0 Å². The lowest BCUT2D eigenvalue weighted by Gasteiger charge is -2.13. The fourth-order valence-electron chi connectivity index (χ4n) is 16.1. The molecule has 6 nitrogen and oxygen atoms in total. The maximum absolute atomic E-state index is 5.30. The summed E-state index contributed by atoms with van der Waals surface area (Å²) < 4.78 is 7.93. The Morgan fingerprint density at radius 3 is 0.974 bits per heavy atom. The van der Waals surface area contributed by atoms with Crippen LogP contribution in [0.3, 0.4) is 0 Å². The zero-order valence-electron chi connectivity index (χ0n) is 63.2. The lowest BCUT2D eigenvalue weighted by Crippen LogP contribution is -1.97. The maximum Gasteiger partial charge on any atom is 0.0973 e. The van der Waals surface area contributed by atoms with E-state index in [-0.39, 0.29) is 0 Å². The first-order chi connectivity index (χ1) is 57.9. The van der Waals surface area contributed by atoms with Gasteiger partial charge in [-0.3, -0.25) is 4.98 Å². The molecular formula is C108H68N6S3. The van der Waals surface area contributed by atoms with Gasteiger partial charge in [0.05, 0.1) is 61.7 Å². The summed E-state index contributed by atoms with van der Waals surface area (Å²) in [4.78, 5) is 30.5. The number of para-hydroxylation sites is 1. The molecule has 0 atom stereocenters. The lowest BCUT2D eigenvalue weighted by molar-refractivity contribution is 1.29. The predicted molar refractivity (Wildman–Crippen MR) is 497 cm³/mol. The molecule has 0 aliphatic heterocycles. The van der Waals surface area contributed by atoms with Crippen LogP contribution in [0.15, 0.2) is 413 Å².